The number of esters is 1. The third kappa shape index (κ3) is 8.25. The lowest BCUT2D eigenvalue weighted by atomic mass is 9.81. The van der Waals surface area contributed by atoms with Gasteiger partial charge in [-0.1, -0.05) is 70.8 Å². The molecule has 1 aliphatic heterocycles. The lowest BCUT2D eigenvalue weighted by molar-refractivity contribution is -0.129. The molecule has 1 aromatic rings. The molecule has 0 bridgehead atoms. The minimum Gasteiger partial charge on any atom is -0.490 e. The van der Waals surface area contributed by atoms with Gasteiger partial charge in [0.2, 0.25) is 0 Å². The first-order valence-electron chi connectivity index (χ1n) is 11.5. The average molecular weight is 443 g/mol. The molecule has 0 aliphatic carbocycles. The highest BCUT2D eigenvalue weighted by Crippen LogP contribution is 2.46. The SMILES string of the molecule is CC=CC=CC(C)=CC(=O)Oc1cc2c(cc1OCCCCCCC)SCCC2(C)C. The van der Waals surface area contributed by atoms with Crippen LogP contribution >= 0.6 is 11.8 Å². The van der Waals surface area contributed by atoms with Crippen LogP contribution in [-0.4, -0.2) is 18.3 Å². The maximum Gasteiger partial charge on any atom is 0.336 e. The molecule has 1 heterocycles. The Bertz CT molecular complexity index is 818. The first-order valence-corrected chi connectivity index (χ1v) is 12.5. The molecule has 0 saturated carbocycles. The van der Waals surface area contributed by atoms with E-state index in [1.807, 2.05) is 56.0 Å². The standard InChI is InChI=1S/C27H38O3S/c1-6-8-10-11-13-16-29-23-20-25-22(27(4,5)15-17-31-25)19-24(23)30-26(28)18-21(3)14-12-9-7-2/h7,9,12,14,18-20H,6,8,10-11,13,15-17H2,1-5H3. The summed E-state index contributed by atoms with van der Waals surface area (Å²) in [5.74, 6) is 1.91. The van der Waals surface area contributed by atoms with E-state index in [0.29, 0.717) is 18.1 Å². The quantitative estimate of drug-likeness (QED) is 0.115. The number of allylic oxidation sites excluding steroid dienone is 5. The van der Waals surface area contributed by atoms with Gasteiger partial charge in [0.25, 0.3) is 0 Å². The largest absolute Gasteiger partial charge is 0.490 e. The van der Waals surface area contributed by atoms with Crippen molar-refractivity contribution in [3.63, 3.8) is 0 Å². The molecule has 1 aliphatic rings. The van der Waals surface area contributed by atoms with Crippen molar-refractivity contribution >= 4 is 17.7 Å². The summed E-state index contributed by atoms with van der Waals surface area (Å²) in [7, 11) is 0. The predicted octanol–water partition coefficient (Wildman–Crippen LogP) is 7.79. The molecule has 0 N–H and O–H groups in total. The number of ether oxygens (including phenoxy) is 2. The van der Waals surface area contributed by atoms with Crippen LogP contribution in [0, 0.1) is 0 Å². The van der Waals surface area contributed by atoms with E-state index in [1.54, 1.807) is 0 Å². The zero-order chi connectivity index (χ0) is 22.7. The van der Waals surface area contributed by atoms with Crippen LogP contribution in [0.5, 0.6) is 11.5 Å². The summed E-state index contributed by atoms with van der Waals surface area (Å²) in [6, 6.07) is 4.09. The van der Waals surface area contributed by atoms with E-state index >= 15 is 0 Å². The van der Waals surface area contributed by atoms with Crippen molar-refractivity contribution in [2.75, 3.05) is 12.4 Å². The number of carbonyl (C=O) groups is 1. The number of unbranched alkanes of at least 4 members (excludes halogenated alkanes) is 4. The summed E-state index contributed by atoms with van der Waals surface area (Å²) in [5.41, 5.74) is 2.13. The summed E-state index contributed by atoms with van der Waals surface area (Å²) in [6.07, 6.45) is 16.2. The molecule has 0 radical (unpaired) electrons. The zero-order valence-electron chi connectivity index (χ0n) is 19.8. The molecule has 0 atom stereocenters. The Labute approximate surface area is 193 Å². The first-order chi connectivity index (χ1) is 14.9. The predicted molar refractivity (Wildman–Crippen MR) is 132 cm³/mol. The number of rotatable bonds is 11. The van der Waals surface area contributed by atoms with Crippen molar-refractivity contribution in [3.05, 3.63) is 53.6 Å². The molecule has 0 spiro atoms. The van der Waals surface area contributed by atoms with E-state index in [-0.39, 0.29) is 11.4 Å². The van der Waals surface area contributed by atoms with Gasteiger partial charge in [0.1, 0.15) is 0 Å². The Morgan fingerprint density at radius 1 is 1.13 bits per heavy atom. The van der Waals surface area contributed by atoms with Crippen molar-refractivity contribution in [2.45, 2.75) is 83.5 Å². The van der Waals surface area contributed by atoms with Gasteiger partial charge in [-0.3, -0.25) is 0 Å². The maximum absolute atomic E-state index is 12.6. The molecule has 0 saturated heterocycles. The maximum atomic E-state index is 12.6. The molecular formula is C27H38O3S. The summed E-state index contributed by atoms with van der Waals surface area (Å²) in [4.78, 5) is 13.8. The van der Waals surface area contributed by atoms with Gasteiger partial charge in [0.15, 0.2) is 11.5 Å². The van der Waals surface area contributed by atoms with Crippen molar-refractivity contribution in [1.29, 1.82) is 0 Å². The summed E-state index contributed by atoms with van der Waals surface area (Å²) in [6.45, 7) is 11.2. The number of hydrogen-bond acceptors (Lipinski definition) is 4. The molecule has 0 unspecified atom stereocenters. The first kappa shape index (κ1) is 25.3. The molecule has 31 heavy (non-hydrogen) atoms. The van der Waals surface area contributed by atoms with Crippen molar-refractivity contribution in [2.24, 2.45) is 0 Å². The van der Waals surface area contributed by atoms with Crippen molar-refractivity contribution in [3.8, 4) is 11.5 Å². The lowest BCUT2D eigenvalue weighted by Crippen LogP contribution is -2.23. The van der Waals surface area contributed by atoms with Gasteiger partial charge in [-0.2, -0.15) is 0 Å². The Hall–Kier alpha value is -1.94. The van der Waals surface area contributed by atoms with E-state index in [2.05, 4.69) is 26.8 Å². The van der Waals surface area contributed by atoms with Crippen LogP contribution in [0.4, 0.5) is 0 Å². The Morgan fingerprint density at radius 2 is 1.90 bits per heavy atom. The molecule has 0 amide bonds. The number of thioether (sulfide) groups is 1. The number of hydrogen-bond donors (Lipinski definition) is 0. The van der Waals surface area contributed by atoms with Crippen molar-refractivity contribution in [1.82, 2.24) is 0 Å². The molecule has 0 aromatic heterocycles. The van der Waals surface area contributed by atoms with Gasteiger partial charge in [0, 0.05) is 11.0 Å². The van der Waals surface area contributed by atoms with Gasteiger partial charge >= 0.3 is 5.97 Å². The molecule has 3 nitrogen and oxygen atoms in total. The highest BCUT2D eigenvalue weighted by Gasteiger charge is 2.30. The van der Waals surface area contributed by atoms with Crippen LogP contribution in [-0.2, 0) is 10.2 Å². The monoisotopic (exact) mass is 442 g/mol. The fourth-order valence-electron chi connectivity index (χ4n) is 3.51. The van der Waals surface area contributed by atoms with Gasteiger partial charge in [-0.15, -0.1) is 11.8 Å². The lowest BCUT2D eigenvalue weighted by Gasteiger charge is -2.32. The average Bonchev–Trinajstić information content (AvgIpc) is 2.71. The third-order valence-electron chi connectivity index (χ3n) is 5.48. The van der Waals surface area contributed by atoms with Gasteiger partial charge in [-0.25, -0.2) is 4.79 Å². The van der Waals surface area contributed by atoms with E-state index in [1.165, 1.54) is 35.8 Å². The number of fused-ring (bicyclic) bond motifs is 1. The highest BCUT2D eigenvalue weighted by molar-refractivity contribution is 7.99. The molecule has 0 fully saturated rings. The summed E-state index contributed by atoms with van der Waals surface area (Å²) >= 11 is 1.86. The zero-order valence-corrected chi connectivity index (χ0v) is 20.6. The third-order valence-corrected chi connectivity index (χ3v) is 6.54. The minimum atomic E-state index is -0.378. The van der Waals surface area contributed by atoms with Crippen molar-refractivity contribution < 1.29 is 14.3 Å². The van der Waals surface area contributed by atoms with Crippen LogP contribution in [0.3, 0.4) is 0 Å². The molecular weight excluding hydrogens is 404 g/mol. The summed E-state index contributed by atoms with van der Waals surface area (Å²) in [5, 5.41) is 0. The van der Waals surface area contributed by atoms with E-state index in [9.17, 15) is 4.79 Å². The van der Waals surface area contributed by atoms with E-state index in [0.717, 1.165) is 30.6 Å². The van der Waals surface area contributed by atoms with Gasteiger partial charge < -0.3 is 9.47 Å². The molecule has 2 rings (SSSR count). The van der Waals surface area contributed by atoms with Crippen LogP contribution in [0.1, 0.15) is 78.7 Å². The van der Waals surface area contributed by atoms with Gasteiger partial charge in [0.05, 0.1) is 6.61 Å². The van der Waals surface area contributed by atoms with E-state index < -0.39 is 0 Å². The van der Waals surface area contributed by atoms with Crippen LogP contribution in [0.25, 0.3) is 0 Å². The normalized spacial score (nSPS) is 16.0. The van der Waals surface area contributed by atoms with Crippen LogP contribution < -0.4 is 9.47 Å². The second-order valence-electron chi connectivity index (χ2n) is 8.73. The van der Waals surface area contributed by atoms with Gasteiger partial charge in [-0.05, 0) is 61.1 Å². The molecule has 4 heteroatoms. The fraction of sp³-hybridized carbons (Fsp3) is 0.519. The number of benzene rings is 1. The van der Waals surface area contributed by atoms with Crippen LogP contribution in [0.2, 0.25) is 0 Å². The Morgan fingerprint density at radius 3 is 2.65 bits per heavy atom. The molecule has 170 valence electrons. The number of carbonyl (C=O) groups excluding carboxylic acids is 1. The fourth-order valence-corrected chi connectivity index (χ4v) is 5.02. The smallest absolute Gasteiger partial charge is 0.336 e. The highest BCUT2D eigenvalue weighted by atomic mass is 32.2. The Balaban J connectivity index is 2.19. The van der Waals surface area contributed by atoms with E-state index in [4.69, 9.17) is 9.47 Å². The molecule has 1 aromatic carbocycles. The van der Waals surface area contributed by atoms with Crippen LogP contribution in [0.15, 0.2) is 53.0 Å². The second kappa shape index (κ2) is 12.8. The Kier molecular flexibility index (Phi) is 10.5. The minimum absolute atomic E-state index is 0.0569. The topological polar surface area (TPSA) is 35.5 Å². The second-order valence-corrected chi connectivity index (χ2v) is 9.87. The summed E-state index contributed by atoms with van der Waals surface area (Å²) < 4.78 is 11.9.